The summed E-state index contributed by atoms with van der Waals surface area (Å²) in [5, 5.41) is 7.51. The predicted molar refractivity (Wildman–Crippen MR) is 127 cm³/mol. The number of hydrazone groups is 1. The summed E-state index contributed by atoms with van der Waals surface area (Å²) < 4.78 is 6.17. The van der Waals surface area contributed by atoms with Crippen molar-refractivity contribution in [2.75, 3.05) is 0 Å². The van der Waals surface area contributed by atoms with Crippen LogP contribution in [0.5, 0.6) is 5.75 Å². The minimum Gasteiger partial charge on any atom is -0.488 e. The van der Waals surface area contributed by atoms with Gasteiger partial charge in [0.25, 0.3) is 11.8 Å². The molecule has 5 heteroatoms. The van der Waals surface area contributed by atoms with E-state index in [0.717, 1.165) is 33.3 Å². The van der Waals surface area contributed by atoms with E-state index in [2.05, 4.69) is 36.3 Å². The zero-order chi connectivity index (χ0) is 22.5. The number of aryl methyl sites for hydroxylation is 1. The van der Waals surface area contributed by atoms with Crippen LogP contribution in [0.4, 0.5) is 0 Å². The predicted octanol–water partition coefficient (Wildman–Crippen LogP) is 4.87. The molecule has 1 heterocycles. The van der Waals surface area contributed by atoms with E-state index in [0.29, 0.717) is 12.4 Å². The molecule has 0 spiro atoms. The highest BCUT2D eigenvalue weighted by molar-refractivity contribution is 6.08. The Morgan fingerprint density at radius 2 is 1.64 bits per heavy atom. The Morgan fingerprint density at radius 1 is 0.939 bits per heavy atom. The number of ether oxygens (including phenoxy) is 1. The smallest absolute Gasteiger partial charge is 0.254 e. The third-order valence-electron chi connectivity index (χ3n) is 7.20. The van der Waals surface area contributed by atoms with Crippen molar-refractivity contribution in [3.05, 3.63) is 89.5 Å². The minimum atomic E-state index is -0.255. The molecule has 164 valence electrons. The van der Waals surface area contributed by atoms with Gasteiger partial charge in [0.05, 0.1) is 18.1 Å². The third kappa shape index (κ3) is 3.27. The number of hydrogen-bond acceptors (Lipinski definition) is 4. The van der Waals surface area contributed by atoms with Crippen LogP contribution in [0.1, 0.15) is 23.1 Å². The average Bonchev–Trinajstić information content (AvgIpc) is 3.52. The fraction of sp³-hybridized carbons (Fsp3) is 0.250. The Hall–Kier alpha value is -3.73. The van der Waals surface area contributed by atoms with Crippen LogP contribution < -0.4 is 4.74 Å². The van der Waals surface area contributed by atoms with E-state index < -0.39 is 0 Å². The Bertz CT molecular complexity index is 1290. The van der Waals surface area contributed by atoms with Crippen molar-refractivity contribution in [3.8, 4) is 5.75 Å². The summed E-state index contributed by atoms with van der Waals surface area (Å²) in [5.74, 6) is 0.133. The highest BCUT2D eigenvalue weighted by atomic mass is 16.5. The van der Waals surface area contributed by atoms with Gasteiger partial charge in [0.15, 0.2) is 0 Å². The van der Waals surface area contributed by atoms with E-state index in [1.807, 2.05) is 48.5 Å². The van der Waals surface area contributed by atoms with E-state index >= 15 is 0 Å². The molecule has 0 aromatic heterocycles. The lowest BCUT2D eigenvalue weighted by atomic mass is 9.85. The summed E-state index contributed by atoms with van der Waals surface area (Å²) in [6.07, 6.45) is 6.70. The van der Waals surface area contributed by atoms with Crippen molar-refractivity contribution in [3.63, 3.8) is 0 Å². The maximum atomic E-state index is 13.0. The van der Waals surface area contributed by atoms with Crippen LogP contribution in [0.3, 0.4) is 0 Å². The molecule has 2 amide bonds. The Balaban J connectivity index is 1.32. The van der Waals surface area contributed by atoms with Crippen LogP contribution in [-0.4, -0.2) is 23.0 Å². The SMILES string of the molecule is Cc1ccc(COc2ccc3ccccc3c2C=NN2C(=O)C3C4C=CC(C4)C3C2=O)cc1. The summed E-state index contributed by atoms with van der Waals surface area (Å²) in [4.78, 5) is 26.0. The van der Waals surface area contributed by atoms with Crippen molar-refractivity contribution in [1.82, 2.24) is 5.01 Å². The van der Waals surface area contributed by atoms with Gasteiger partial charge in [-0.1, -0.05) is 72.3 Å². The van der Waals surface area contributed by atoms with Crippen molar-refractivity contribution in [2.24, 2.45) is 28.8 Å². The van der Waals surface area contributed by atoms with E-state index in [1.54, 1.807) is 6.21 Å². The first-order chi connectivity index (χ1) is 16.1. The second-order valence-electron chi connectivity index (χ2n) is 9.21. The van der Waals surface area contributed by atoms with Gasteiger partial charge in [-0.3, -0.25) is 9.59 Å². The highest BCUT2D eigenvalue weighted by Gasteiger charge is 2.59. The number of rotatable bonds is 5. The monoisotopic (exact) mass is 436 g/mol. The number of hydrogen-bond donors (Lipinski definition) is 0. The molecule has 3 aliphatic rings. The van der Waals surface area contributed by atoms with Crippen LogP contribution in [0.15, 0.2) is 77.9 Å². The number of amides is 2. The van der Waals surface area contributed by atoms with Crippen LogP contribution in [-0.2, 0) is 16.2 Å². The van der Waals surface area contributed by atoms with Gasteiger partial charge in [-0.2, -0.15) is 10.1 Å². The second-order valence-corrected chi connectivity index (χ2v) is 9.21. The maximum Gasteiger partial charge on any atom is 0.254 e. The molecule has 1 saturated carbocycles. The molecule has 2 aliphatic carbocycles. The average molecular weight is 437 g/mol. The Morgan fingerprint density at radius 3 is 2.36 bits per heavy atom. The zero-order valence-corrected chi connectivity index (χ0v) is 18.3. The Labute approximate surface area is 192 Å². The molecule has 1 aliphatic heterocycles. The summed E-state index contributed by atoms with van der Waals surface area (Å²) >= 11 is 0. The number of allylic oxidation sites excluding steroid dienone is 2. The van der Waals surface area contributed by atoms with E-state index in [-0.39, 0.29) is 35.5 Å². The zero-order valence-electron chi connectivity index (χ0n) is 18.3. The van der Waals surface area contributed by atoms with Crippen LogP contribution in [0.25, 0.3) is 10.8 Å². The highest BCUT2D eigenvalue weighted by Crippen LogP contribution is 2.52. The lowest BCUT2D eigenvalue weighted by Crippen LogP contribution is -2.28. The lowest BCUT2D eigenvalue weighted by Gasteiger charge is -2.14. The second kappa shape index (κ2) is 7.69. The van der Waals surface area contributed by atoms with Crippen molar-refractivity contribution >= 4 is 28.8 Å². The van der Waals surface area contributed by atoms with Gasteiger partial charge in [-0.15, -0.1) is 0 Å². The molecule has 1 saturated heterocycles. The summed E-state index contributed by atoms with van der Waals surface area (Å²) in [6, 6.07) is 20.1. The Kier molecular flexibility index (Phi) is 4.64. The maximum absolute atomic E-state index is 13.0. The van der Waals surface area contributed by atoms with E-state index in [4.69, 9.17) is 4.74 Å². The molecule has 4 atom stereocenters. The number of fused-ring (bicyclic) bond motifs is 6. The molecule has 6 rings (SSSR count). The molecule has 4 unspecified atom stereocenters. The molecule has 5 nitrogen and oxygen atoms in total. The standard InChI is InChI=1S/C28H24N2O3/c1-17-6-8-18(9-7-17)16-33-24-13-12-19-4-2-3-5-22(19)23(24)15-29-30-27(31)25-20-10-11-21(14-20)26(25)28(30)32/h2-13,15,20-21,25-26H,14,16H2,1H3. The van der Waals surface area contributed by atoms with Gasteiger partial charge in [0.2, 0.25) is 0 Å². The quantitative estimate of drug-likeness (QED) is 0.326. The molecule has 2 bridgehead atoms. The number of benzene rings is 3. The number of imide groups is 1. The lowest BCUT2D eigenvalue weighted by molar-refractivity contribution is -0.140. The number of carbonyl (C=O) groups is 2. The largest absolute Gasteiger partial charge is 0.488 e. The molecule has 0 radical (unpaired) electrons. The summed E-state index contributed by atoms with van der Waals surface area (Å²) in [6.45, 7) is 2.47. The van der Waals surface area contributed by atoms with Crippen molar-refractivity contribution in [1.29, 1.82) is 0 Å². The molecule has 2 fully saturated rings. The first-order valence-corrected chi connectivity index (χ1v) is 11.4. The van der Waals surface area contributed by atoms with Crippen LogP contribution >= 0.6 is 0 Å². The molecular formula is C28H24N2O3. The van der Waals surface area contributed by atoms with Gasteiger partial charge in [0.1, 0.15) is 12.4 Å². The van der Waals surface area contributed by atoms with Gasteiger partial charge in [-0.25, -0.2) is 0 Å². The van der Waals surface area contributed by atoms with E-state index in [9.17, 15) is 9.59 Å². The van der Waals surface area contributed by atoms with Crippen molar-refractivity contribution in [2.45, 2.75) is 20.0 Å². The van der Waals surface area contributed by atoms with Gasteiger partial charge in [-0.05, 0) is 47.6 Å². The fourth-order valence-electron chi connectivity index (χ4n) is 5.50. The van der Waals surface area contributed by atoms with Crippen molar-refractivity contribution < 1.29 is 14.3 Å². The van der Waals surface area contributed by atoms with E-state index in [1.165, 1.54) is 5.56 Å². The van der Waals surface area contributed by atoms with Gasteiger partial charge in [0, 0.05) is 5.56 Å². The molecule has 3 aromatic rings. The fourth-order valence-corrected chi connectivity index (χ4v) is 5.50. The first-order valence-electron chi connectivity index (χ1n) is 11.4. The first kappa shape index (κ1) is 19.9. The molecule has 3 aromatic carbocycles. The van der Waals surface area contributed by atoms with Crippen LogP contribution in [0, 0.1) is 30.6 Å². The topological polar surface area (TPSA) is 59.0 Å². The third-order valence-corrected chi connectivity index (χ3v) is 7.20. The number of nitrogens with zero attached hydrogens (tertiary/aromatic N) is 2. The van der Waals surface area contributed by atoms with Gasteiger partial charge >= 0.3 is 0 Å². The molecule has 0 N–H and O–H groups in total. The van der Waals surface area contributed by atoms with Gasteiger partial charge < -0.3 is 4.74 Å². The minimum absolute atomic E-state index is 0.169. The molecular weight excluding hydrogens is 412 g/mol. The van der Waals surface area contributed by atoms with Crippen LogP contribution in [0.2, 0.25) is 0 Å². The number of carbonyl (C=O) groups excluding carboxylic acids is 2. The summed E-state index contributed by atoms with van der Waals surface area (Å²) in [7, 11) is 0. The molecule has 33 heavy (non-hydrogen) atoms. The summed E-state index contributed by atoms with van der Waals surface area (Å²) in [5.41, 5.74) is 3.03. The normalized spacial score (nSPS) is 25.5.